The number of ether oxygens (including phenoxy) is 3. The minimum atomic E-state index is -0.198. The quantitative estimate of drug-likeness (QED) is 0.199. The molecule has 192 valence electrons. The summed E-state index contributed by atoms with van der Waals surface area (Å²) in [7, 11) is 0. The van der Waals surface area contributed by atoms with Crippen LogP contribution in [-0.4, -0.2) is 15.8 Å². The third-order valence-corrected chi connectivity index (χ3v) is 6.19. The average Bonchev–Trinajstić information content (AvgIpc) is 3.42. The van der Waals surface area contributed by atoms with Crippen LogP contribution in [0, 0.1) is 6.92 Å². The van der Waals surface area contributed by atoms with Gasteiger partial charge in [0.25, 0.3) is 0 Å². The van der Waals surface area contributed by atoms with E-state index < -0.39 is 0 Å². The summed E-state index contributed by atoms with van der Waals surface area (Å²) in [6.07, 6.45) is 0.928. The van der Waals surface area contributed by atoms with Gasteiger partial charge >= 0.3 is 0 Å². The molecule has 4 aromatic carbocycles. The van der Waals surface area contributed by atoms with Crippen LogP contribution in [0.15, 0.2) is 101 Å². The number of hydrogen-bond donors (Lipinski definition) is 0. The van der Waals surface area contributed by atoms with Crippen molar-refractivity contribution in [3.63, 3.8) is 0 Å². The largest absolute Gasteiger partial charge is 0.488 e. The minimum Gasteiger partial charge on any atom is -0.488 e. The second kappa shape index (κ2) is 10.8. The van der Waals surface area contributed by atoms with Gasteiger partial charge in [-0.3, -0.25) is 0 Å². The molecule has 0 unspecified atom stereocenters. The molecule has 0 N–H and O–H groups in total. The molecule has 5 rings (SSSR count). The first-order valence-corrected chi connectivity index (χ1v) is 12.6. The third kappa shape index (κ3) is 6.21. The second-order valence-electron chi connectivity index (χ2n) is 9.67. The monoisotopic (exact) mass is 506 g/mol. The molecule has 6 nitrogen and oxygen atoms in total. The Morgan fingerprint density at radius 3 is 1.37 bits per heavy atom. The summed E-state index contributed by atoms with van der Waals surface area (Å²) in [6, 6.07) is 30.7. The number of rotatable bonds is 9. The van der Waals surface area contributed by atoms with Crippen molar-refractivity contribution < 1.29 is 18.6 Å². The smallest absolute Gasteiger partial charge is 0.248 e. The normalized spacial score (nSPS) is 11.3. The van der Waals surface area contributed by atoms with Gasteiger partial charge in [-0.25, -0.2) is 0 Å². The van der Waals surface area contributed by atoms with Crippen LogP contribution in [0.4, 0.5) is 0 Å². The fraction of sp³-hybridized carbons (Fsp3) is 0.188. The molecule has 0 amide bonds. The fourth-order valence-corrected chi connectivity index (χ4v) is 3.63. The van der Waals surface area contributed by atoms with Crippen molar-refractivity contribution in [2.45, 2.75) is 39.7 Å². The first kappa shape index (κ1) is 25.1. The lowest BCUT2D eigenvalue weighted by molar-refractivity contribution is 0.105. The van der Waals surface area contributed by atoms with Crippen LogP contribution in [0.5, 0.6) is 28.7 Å². The van der Waals surface area contributed by atoms with Gasteiger partial charge in [-0.1, -0.05) is 24.6 Å². The molecule has 1 aromatic heterocycles. The molecule has 0 saturated heterocycles. The zero-order chi connectivity index (χ0) is 26.5. The zero-order valence-electron chi connectivity index (χ0n) is 22.0. The molecule has 38 heavy (non-hydrogen) atoms. The standard InChI is InChI=1S/C32H30N2O4/c1-5-32(3,4)38-29-20-18-28(19-21-29)36-27-16-14-26(15-17-27)35-25-12-10-24(11-13-25)31-34-33-30(37-31)23-8-6-22(2)7-9-23/h6-21H,5H2,1-4H3. The van der Waals surface area contributed by atoms with E-state index in [1.807, 2.05) is 104 Å². The van der Waals surface area contributed by atoms with E-state index >= 15 is 0 Å². The minimum absolute atomic E-state index is 0.198. The van der Waals surface area contributed by atoms with Crippen molar-refractivity contribution in [1.29, 1.82) is 0 Å². The molecule has 5 aromatic rings. The van der Waals surface area contributed by atoms with Crippen LogP contribution in [0.2, 0.25) is 0 Å². The Labute approximate surface area is 222 Å². The van der Waals surface area contributed by atoms with Crippen LogP contribution in [0.3, 0.4) is 0 Å². The van der Waals surface area contributed by atoms with E-state index in [1.54, 1.807) is 0 Å². The van der Waals surface area contributed by atoms with Gasteiger partial charge in [0.2, 0.25) is 11.8 Å². The molecule has 6 heteroatoms. The highest BCUT2D eigenvalue weighted by Crippen LogP contribution is 2.30. The predicted octanol–water partition coefficient (Wildman–Crippen LogP) is 8.86. The maximum absolute atomic E-state index is 6.00. The summed E-state index contributed by atoms with van der Waals surface area (Å²) in [4.78, 5) is 0. The van der Waals surface area contributed by atoms with E-state index in [4.69, 9.17) is 18.6 Å². The maximum atomic E-state index is 6.00. The molecule has 1 heterocycles. The highest BCUT2D eigenvalue weighted by molar-refractivity contribution is 5.59. The molecule has 0 fully saturated rings. The van der Waals surface area contributed by atoms with E-state index in [0.717, 1.165) is 34.8 Å². The van der Waals surface area contributed by atoms with Crippen LogP contribution in [0.1, 0.15) is 32.8 Å². The maximum Gasteiger partial charge on any atom is 0.248 e. The van der Waals surface area contributed by atoms with Gasteiger partial charge in [0.1, 0.15) is 34.3 Å². The molecular weight excluding hydrogens is 476 g/mol. The molecule has 0 spiro atoms. The molecule has 0 aliphatic rings. The Kier molecular flexibility index (Phi) is 7.13. The van der Waals surface area contributed by atoms with Gasteiger partial charge in [-0.05, 0) is 112 Å². The van der Waals surface area contributed by atoms with E-state index in [1.165, 1.54) is 5.56 Å². The van der Waals surface area contributed by atoms with Crippen molar-refractivity contribution in [1.82, 2.24) is 10.2 Å². The van der Waals surface area contributed by atoms with Gasteiger partial charge < -0.3 is 18.6 Å². The summed E-state index contributed by atoms with van der Waals surface area (Å²) in [5.41, 5.74) is 2.69. The molecule has 0 bridgehead atoms. The second-order valence-corrected chi connectivity index (χ2v) is 9.67. The van der Waals surface area contributed by atoms with Gasteiger partial charge in [-0.15, -0.1) is 10.2 Å². The Morgan fingerprint density at radius 1 is 0.579 bits per heavy atom. The van der Waals surface area contributed by atoms with Crippen molar-refractivity contribution in [2.24, 2.45) is 0 Å². The number of hydrogen-bond acceptors (Lipinski definition) is 6. The van der Waals surface area contributed by atoms with E-state index in [2.05, 4.69) is 31.0 Å². The molecular formula is C32H30N2O4. The van der Waals surface area contributed by atoms with Gasteiger partial charge in [0.05, 0.1) is 0 Å². The average molecular weight is 507 g/mol. The van der Waals surface area contributed by atoms with Crippen LogP contribution in [0.25, 0.3) is 22.9 Å². The van der Waals surface area contributed by atoms with Crippen molar-refractivity contribution in [3.05, 3.63) is 103 Å². The molecule has 0 saturated carbocycles. The fourth-order valence-electron chi connectivity index (χ4n) is 3.63. The van der Waals surface area contributed by atoms with Gasteiger partial charge in [0, 0.05) is 11.1 Å². The third-order valence-electron chi connectivity index (χ3n) is 6.19. The Bertz CT molecular complexity index is 1470. The SMILES string of the molecule is CCC(C)(C)Oc1ccc(Oc2ccc(Oc3ccc(-c4nnc(-c5ccc(C)cc5)o4)cc3)cc2)cc1. The van der Waals surface area contributed by atoms with Crippen LogP contribution in [-0.2, 0) is 0 Å². The summed E-state index contributed by atoms with van der Waals surface area (Å²) in [5, 5.41) is 8.37. The summed E-state index contributed by atoms with van der Waals surface area (Å²) in [5.74, 6) is 4.64. The number of aromatic nitrogens is 2. The molecule has 0 aliphatic carbocycles. The number of nitrogens with zero attached hydrogens (tertiary/aromatic N) is 2. The highest BCUT2D eigenvalue weighted by atomic mass is 16.5. The van der Waals surface area contributed by atoms with E-state index in [9.17, 15) is 0 Å². The predicted molar refractivity (Wildman–Crippen MR) is 148 cm³/mol. The van der Waals surface area contributed by atoms with E-state index in [0.29, 0.717) is 23.3 Å². The lowest BCUT2D eigenvalue weighted by atomic mass is 10.1. The number of benzene rings is 4. The molecule has 0 atom stereocenters. The zero-order valence-corrected chi connectivity index (χ0v) is 22.0. The molecule has 0 aliphatic heterocycles. The van der Waals surface area contributed by atoms with Crippen molar-refractivity contribution >= 4 is 0 Å². The summed E-state index contributed by atoms with van der Waals surface area (Å²) < 4.78 is 23.8. The lowest BCUT2D eigenvalue weighted by Crippen LogP contribution is -2.26. The van der Waals surface area contributed by atoms with Crippen molar-refractivity contribution in [3.8, 4) is 51.7 Å². The summed E-state index contributed by atoms with van der Waals surface area (Å²) in [6.45, 7) is 8.30. The highest BCUT2D eigenvalue weighted by Gasteiger charge is 2.16. The number of aryl methyl sites for hydroxylation is 1. The van der Waals surface area contributed by atoms with E-state index in [-0.39, 0.29) is 5.60 Å². The summed E-state index contributed by atoms with van der Waals surface area (Å²) >= 11 is 0. The first-order chi connectivity index (χ1) is 18.4. The lowest BCUT2D eigenvalue weighted by Gasteiger charge is -2.24. The van der Waals surface area contributed by atoms with Crippen LogP contribution < -0.4 is 14.2 Å². The Morgan fingerprint density at radius 2 is 0.947 bits per heavy atom. The Hall–Kier alpha value is -4.58. The topological polar surface area (TPSA) is 66.6 Å². The van der Waals surface area contributed by atoms with Crippen LogP contribution >= 0.6 is 0 Å². The van der Waals surface area contributed by atoms with Gasteiger partial charge in [0.15, 0.2) is 0 Å². The van der Waals surface area contributed by atoms with Gasteiger partial charge in [-0.2, -0.15) is 0 Å². The van der Waals surface area contributed by atoms with Crippen molar-refractivity contribution in [2.75, 3.05) is 0 Å². The first-order valence-electron chi connectivity index (χ1n) is 12.6. The molecule has 0 radical (unpaired) electrons. The Balaban J connectivity index is 1.18.